The third-order valence-electron chi connectivity index (χ3n) is 2.61. The Morgan fingerprint density at radius 2 is 1.89 bits per heavy atom. The van der Waals surface area contributed by atoms with E-state index in [0.29, 0.717) is 12.2 Å². The van der Waals surface area contributed by atoms with Crippen LogP contribution in [0.15, 0.2) is 30.3 Å². The third kappa shape index (κ3) is 5.90. The Morgan fingerprint density at radius 3 is 2.47 bits per heavy atom. The van der Waals surface area contributed by atoms with Gasteiger partial charge in [0.25, 0.3) is 5.91 Å². The van der Waals surface area contributed by atoms with Crippen molar-refractivity contribution in [2.45, 2.75) is 38.8 Å². The summed E-state index contributed by atoms with van der Waals surface area (Å²) in [6.45, 7) is 3.43. The third-order valence-corrected chi connectivity index (χ3v) is 2.61. The van der Waals surface area contributed by atoms with E-state index in [1.807, 2.05) is 18.2 Å². The average molecular weight is 265 g/mol. The lowest BCUT2D eigenvalue weighted by Crippen LogP contribution is -2.41. The highest BCUT2D eigenvalue weighted by Crippen LogP contribution is 2.11. The number of hydrogen-bond acceptors (Lipinski definition) is 3. The highest BCUT2D eigenvalue weighted by atomic mass is 16.5. The number of nitrogens with one attached hydrogen (secondary N) is 1. The minimum absolute atomic E-state index is 0.0371. The summed E-state index contributed by atoms with van der Waals surface area (Å²) in [5, 5.41) is 11.3. The number of amides is 1. The topological polar surface area (TPSA) is 75.6 Å². The van der Waals surface area contributed by atoms with Crippen molar-refractivity contribution in [2.75, 3.05) is 0 Å². The van der Waals surface area contributed by atoms with E-state index in [0.717, 1.165) is 0 Å². The first kappa shape index (κ1) is 15.0. The van der Waals surface area contributed by atoms with Crippen LogP contribution in [-0.2, 0) is 9.59 Å². The smallest absolute Gasteiger partial charge is 0.303 e. The van der Waals surface area contributed by atoms with Crippen molar-refractivity contribution < 1.29 is 19.4 Å². The molecule has 2 N–H and O–H groups in total. The molecule has 5 heteroatoms. The maximum absolute atomic E-state index is 11.8. The lowest BCUT2D eigenvalue weighted by atomic mass is 10.2. The zero-order valence-electron chi connectivity index (χ0n) is 11.1. The van der Waals surface area contributed by atoms with E-state index in [9.17, 15) is 9.59 Å². The number of carbonyl (C=O) groups excluding carboxylic acids is 1. The summed E-state index contributed by atoms with van der Waals surface area (Å²) in [6, 6.07) is 8.89. The standard InChI is InChI=1S/C14H19NO4/c1-10(8-9-13(16)17)15-14(18)11(2)19-12-6-4-3-5-7-12/h3-7,10-11H,8-9H2,1-2H3,(H,15,18)(H,16,17). The average Bonchev–Trinajstić information content (AvgIpc) is 2.37. The number of para-hydroxylation sites is 1. The Hall–Kier alpha value is -2.04. The Kier molecular flexibility index (Phi) is 5.85. The van der Waals surface area contributed by atoms with Crippen molar-refractivity contribution in [1.29, 1.82) is 0 Å². The van der Waals surface area contributed by atoms with Crippen LogP contribution in [0.5, 0.6) is 5.75 Å². The zero-order valence-corrected chi connectivity index (χ0v) is 11.1. The summed E-state index contributed by atoms with van der Waals surface area (Å²) in [5.41, 5.74) is 0. The molecule has 0 saturated carbocycles. The molecule has 2 unspecified atom stereocenters. The van der Waals surface area contributed by atoms with Gasteiger partial charge in [-0.25, -0.2) is 0 Å². The van der Waals surface area contributed by atoms with Crippen molar-refractivity contribution >= 4 is 11.9 Å². The molecule has 0 fully saturated rings. The van der Waals surface area contributed by atoms with Gasteiger partial charge < -0.3 is 15.2 Å². The number of carboxylic acid groups (broad SMARTS) is 1. The van der Waals surface area contributed by atoms with E-state index in [1.54, 1.807) is 26.0 Å². The molecule has 1 aromatic rings. The molecule has 1 rings (SSSR count). The fourth-order valence-corrected chi connectivity index (χ4v) is 1.53. The molecule has 104 valence electrons. The second kappa shape index (κ2) is 7.41. The quantitative estimate of drug-likeness (QED) is 0.788. The summed E-state index contributed by atoms with van der Waals surface area (Å²) in [4.78, 5) is 22.2. The van der Waals surface area contributed by atoms with Gasteiger partial charge >= 0.3 is 5.97 Å². The van der Waals surface area contributed by atoms with Crippen LogP contribution in [0.2, 0.25) is 0 Å². The number of ether oxygens (including phenoxy) is 1. The molecule has 1 amide bonds. The van der Waals surface area contributed by atoms with Crippen LogP contribution in [0, 0.1) is 0 Å². The predicted molar refractivity (Wildman–Crippen MR) is 71.0 cm³/mol. The monoisotopic (exact) mass is 265 g/mol. The van der Waals surface area contributed by atoms with E-state index in [4.69, 9.17) is 9.84 Å². The summed E-state index contributed by atoms with van der Waals surface area (Å²) in [5.74, 6) is -0.486. The van der Waals surface area contributed by atoms with Gasteiger partial charge in [0.15, 0.2) is 6.10 Å². The fraction of sp³-hybridized carbons (Fsp3) is 0.429. The zero-order chi connectivity index (χ0) is 14.3. The van der Waals surface area contributed by atoms with Gasteiger partial charge in [-0.3, -0.25) is 9.59 Å². The van der Waals surface area contributed by atoms with Gasteiger partial charge in [0.05, 0.1) is 0 Å². The van der Waals surface area contributed by atoms with Crippen LogP contribution in [0.3, 0.4) is 0 Å². The van der Waals surface area contributed by atoms with E-state index in [2.05, 4.69) is 5.32 Å². The van der Waals surface area contributed by atoms with E-state index in [1.165, 1.54) is 0 Å². The first-order valence-corrected chi connectivity index (χ1v) is 6.23. The number of aliphatic carboxylic acids is 1. The molecule has 0 bridgehead atoms. The minimum Gasteiger partial charge on any atom is -0.481 e. The maximum Gasteiger partial charge on any atom is 0.303 e. The molecular weight excluding hydrogens is 246 g/mol. The van der Waals surface area contributed by atoms with Gasteiger partial charge in [0, 0.05) is 12.5 Å². The van der Waals surface area contributed by atoms with Crippen LogP contribution in [0.4, 0.5) is 0 Å². The highest BCUT2D eigenvalue weighted by Gasteiger charge is 2.17. The molecule has 1 aromatic carbocycles. The predicted octanol–water partition coefficient (Wildman–Crippen LogP) is 1.82. The second-order valence-electron chi connectivity index (χ2n) is 4.42. The van der Waals surface area contributed by atoms with Crippen LogP contribution < -0.4 is 10.1 Å². The molecule has 0 heterocycles. The summed E-state index contributed by atoms with van der Waals surface area (Å²) in [6.07, 6.45) is -0.177. The molecule has 0 saturated heterocycles. The number of hydrogen-bond donors (Lipinski definition) is 2. The summed E-state index contributed by atoms with van der Waals surface area (Å²) < 4.78 is 5.47. The van der Waals surface area contributed by atoms with Crippen LogP contribution >= 0.6 is 0 Å². The molecule has 0 aliphatic heterocycles. The van der Waals surface area contributed by atoms with E-state index in [-0.39, 0.29) is 18.4 Å². The van der Waals surface area contributed by atoms with E-state index < -0.39 is 12.1 Å². The molecule has 0 aromatic heterocycles. The Balaban J connectivity index is 2.38. The summed E-state index contributed by atoms with van der Waals surface area (Å²) in [7, 11) is 0. The van der Waals surface area contributed by atoms with Crippen molar-refractivity contribution in [3.63, 3.8) is 0 Å². The first-order chi connectivity index (χ1) is 8.99. The number of carbonyl (C=O) groups is 2. The molecule has 0 aliphatic carbocycles. The maximum atomic E-state index is 11.8. The van der Waals surface area contributed by atoms with Gasteiger partial charge in [0.1, 0.15) is 5.75 Å². The van der Waals surface area contributed by atoms with Gasteiger partial charge in [-0.1, -0.05) is 18.2 Å². The van der Waals surface area contributed by atoms with Gasteiger partial charge in [-0.15, -0.1) is 0 Å². The number of carboxylic acids is 1. The van der Waals surface area contributed by atoms with Gasteiger partial charge in [-0.2, -0.15) is 0 Å². The second-order valence-corrected chi connectivity index (χ2v) is 4.42. The van der Waals surface area contributed by atoms with Gasteiger partial charge in [0.2, 0.25) is 0 Å². The van der Waals surface area contributed by atoms with Crippen LogP contribution in [0.25, 0.3) is 0 Å². The normalized spacial score (nSPS) is 13.4. The Bertz CT molecular complexity index is 419. The molecule has 0 aliphatic rings. The van der Waals surface area contributed by atoms with Crippen LogP contribution in [-0.4, -0.2) is 29.1 Å². The largest absolute Gasteiger partial charge is 0.481 e. The van der Waals surface area contributed by atoms with Crippen molar-refractivity contribution in [2.24, 2.45) is 0 Å². The SMILES string of the molecule is CC(CCC(=O)O)NC(=O)C(C)Oc1ccccc1. The molecule has 2 atom stereocenters. The lowest BCUT2D eigenvalue weighted by molar-refractivity contribution is -0.137. The lowest BCUT2D eigenvalue weighted by Gasteiger charge is -2.18. The number of rotatable bonds is 7. The highest BCUT2D eigenvalue weighted by molar-refractivity contribution is 5.81. The fourth-order valence-electron chi connectivity index (χ4n) is 1.53. The number of benzene rings is 1. The molecule has 19 heavy (non-hydrogen) atoms. The van der Waals surface area contributed by atoms with Crippen molar-refractivity contribution in [3.05, 3.63) is 30.3 Å². The molecule has 0 radical (unpaired) electrons. The van der Waals surface area contributed by atoms with Crippen molar-refractivity contribution in [3.8, 4) is 5.75 Å². The first-order valence-electron chi connectivity index (χ1n) is 6.23. The molecule has 0 spiro atoms. The Labute approximate surface area is 112 Å². The Morgan fingerprint density at radius 1 is 1.26 bits per heavy atom. The van der Waals surface area contributed by atoms with Gasteiger partial charge in [-0.05, 0) is 32.4 Å². The van der Waals surface area contributed by atoms with E-state index >= 15 is 0 Å². The minimum atomic E-state index is -0.866. The molecular formula is C14H19NO4. The molecule has 5 nitrogen and oxygen atoms in total. The van der Waals surface area contributed by atoms with Crippen molar-refractivity contribution in [1.82, 2.24) is 5.32 Å². The summed E-state index contributed by atoms with van der Waals surface area (Å²) >= 11 is 0. The van der Waals surface area contributed by atoms with Crippen LogP contribution in [0.1, 0.15) is 26.7 Å².